The standard InChI is InChI=1S/C17H23NO3/c1-4-18-11-14-10-15(21-13(14)3)12-20-17-9-7-6-8-16(17)19-5-2/h6-10,18H,4-5,11-12H2,1-3H3. The number of ether oxygens (including phenoxy) is 2. The summed E-state index contributed by atoms with van der Waals surface area (Å²) < 4.78 is 17.1. The van der Waals surface area contributed by atoms with Gasteiger partial charge in [-0.2, -0.15) is 0 Å². The van der Waals surface area contributed by atoms with E-state index in [1.807, 2.05) is 44.2 Å². The molecule has 0 spiro atoms. The van der Waals surface area contributed by atoms with Gasteiger partial charge in [0.25, 0.3) is 0 Å². The second kappa shape index (κ2) is 7.74. The van der Waals surface area contributed by atoms with Crippen LogP contribution in [0.15, 0.2) is 34.7 Å². The Morgan fingerprint density at radius 3 is 2.48 bits per heavy atom. The molecule has 0 atom stereocenters. The predicted octanol–water partition coefficient (Wildman–Crippen LogP) is 3.68. The van der Waals surface area contributed by atoms with Crippen LogP contribution < -0.4 is 14.8 Å². The molecule has 1 aromatic heterocycles. The average Bonchev–Trinajstić information content (AvgIpc) is 2.85. The third kappa shape index (κ3) is 4.26. The first-order valence-corrected chi connectivity index (χ1v) is 7.38. The molecule has 0 fully saturated rings. The third-order valence-electron chi connectivity index (χ3n) is 3.16. The van der Waals surface area contributed by atoms with Gasteiger partial charge >= 0.3 is 0 Å². The molecule has 0 radical (unpaired) electrons. The molecule has 1 N–H and O–H groups in total. The van der Waals surface area contributed by atoms with Crippen LogP contribution in [-0.2, 0) is 13.2 Å². The summed E-state index contributed by atoms with van der Waals surface area (Å²) in [5, 5.41) is 3.30. The van der Waals surface area contributed by atoms with Gasteiger partial charge in [0.05, 0.1) is 6.61 Å². The Morgan fingerprint density at radius 1 is 1.10 bits per heavy atom. The summed E-state index contributed by atoms with van der Waals surface area (Å²) in [6.07, 6.45) is 0. The molecule has 2 rings (SSSR count). The highest BCUT2D eigenvalue weighted by atomic mass is 16.5. The minimum atomic E-state index is 0.400. The van der Waals surface area contributed by atoms with E-state index < -0.39 is 0 Å². The second-order valence-electron chi connectivity index (χ2n) is 4.74. The van der Waals surface area contributed by atoms with Crippen molar-refractivity contribution in [3.05, 3.63) is 47.4 Å². The van der Waals surface area contributed by atoms with Crippen molar-refractivity contribution in [2.24, 2.45) is 0 Å². The van der Waals surface area contributed by atoms with Gasteiger partial charge in [0.1, 0.15) is 18.1 Å². The zero-order valence-corrected chi connectivity index (χ0v) is 12.9. The smallest absolute Gasteiger partial charge is 0.161 e. The molecule has 21 heavy (non-hydrogen) atoms. The molecular weight excluding hydrogens is 266 g/mol. The number of furan rings is 1. The highest BCUT2D eigenvalue weighted by Gasteiger charge is 2.09. The molecule has 0 saturated heterocycles. The van der Waals surface area contributed by atoms with E-state index in [9.17, 15) is 0 Å². The molecule has 0 bridgehead atoms. The number of rotatable bonds is 8. The molecule has 0 unspecified atom stereocenters. The van der Waals surface area contributed by atoms with E-state index in [0.717, 1.165) is 36.1 Å². The summed E-state index contributed by atoms with van der Waals surface area (Å²) in [7, 11) is 0. The van der Waals surface area contributed by atoms with Crippen molar-refractivity contribution in [1.82, 2.24) is 5.32 Å². The van der Waals surface area contributed by atoms with Crippen molar-refractivity contribution < 1.29 is 13.9 Å². The van der Waals surface area contributed by atoms with Gasteiger partial charge in [0.2, 0.25) is 0 Å². The van der Waals surface area contributed by atoms with Crippen molar-refractivity contribution in [1.29, 1.82) is 0 Å². The monoisotopic (exact) mass is 289 g/mol. The Balaban J connectivity index is 2.00. The van der Waals surface area contributed by atoms with Crippen LogP contribution >= 0.6 is 0 Å². The van der Waals surface area contributed by atoms with Crippen LogP contribution in [-0.4, -0.2) is 13.2 Å². The van der Waals surface area contributed by atoms with Crippen LogP contribution in [0, 0.1) is 6.92 Å². The molecule has 0 aliphatic rings. The highest BCUT2D eigenvalue weighted by molar-refractivity contribution is 5.39. The Labute approximate surface area is 126 Å². The van der Waals surface area contributed by atoms with Gasteiger partial charge in [0, 0.05) is 12.1 Å². The van der Waals surface area contributed by atoms with E-state index in [1.54, 1.807) is 0 Å². The molecule has 2 aromatic rings. The summed E-state index contributed by atoms with van der Waals surface area (Å²) in [4.78, 5) is 0. The maximum Gasteiger partial charge on any atom is 0.161 e. The van der Waals surface area contributed by atoms with Crippen molar-refractivity contribution in [3.63, 3.8) is 0 Å². The van der Waals surface area contributed by atoms with Crippen LogP contribution in [0.25, 0.3) is 0 Å². The van der Waals surface area contributed by atoms with Crippen LogP contribution in [0.1, 0.15) is 30.9 Å². The first kappa shape index (κ1) is 15.4. The first-order valence-electron chi connectivity index (χ1n) is 7.38. The lowest BCUT2D eigenvalue weighted by Gasteiger charge is -2.10. The number of hydrogen-bond acceptors (Lipinski definition) is 4. The van der Waals surface area contributed by atoms with Crippen LogP contribution in [0.3, 0.4) is 0 Å². The normalized spacial score (nSPS) is 10.6. The molecule has 0 aliphatic carbocycles. The fourth-order valence-electron chi connectivity index (χ4n) is 2.09. The summed E-state index contributed by atoms with van der Waals surface area (Å²) in [5.74, 6) is 3.26. The molecular formula is C17H23NO3. The Morgan fingerprint density at radius 2 is 1.81 bits per heavy atom. The second-order valence-corrected chi connectivity index (χ2v) is 4.74. The van der Waals surface area contributed by atoms with Gasteiger partial charge in [-0.25, -0.2) is 0 Å². The van der Waals surface area contributed by atoms with Gasteiger partial charge < -0.3 is 19.2 Å². The van der Waals surface area contributed by atoms with Crippen LogP contribution in [0.2, 0.25) is 0 Å². The van der Waals surface area contributed by atoms with E-state index in [-0.39, 0.29) is 0 Å². The quantitative estimate of drug-likeness (QED) is 0.805. The van der Waals surface area contributed by atoms with Crippen molar-refractivity contribution in [3.8, 4) is 11.5 Å². The summed E-state index contributed by atoms with van der Waals surface area (Å²) in [5.41, 5.74) is 1.17. The van der Waals surface area contributed by atoms with Crippen molar-refractivity contribution in [2.75, 3.05) is 13.2 Å². The van der Waals surface area contributed by atoms with Gasteiger partial charge in [-0.15, -0.1) is 0 Å². The third-order valence-corrected chi connectivity index (χ3v) is 3.16. The number of aryl methyl sites for hydroxylation is 1. The molecule has 1 heterocycles. The van der Waals surface area contributed by atoms with E-state index in [1.165, 1.54) is 5.56 Å². The fourth-order valence-corrected chi connectivity index (χ4v) is 2.09. The Kier molecular flexibility index (Phi) is 5.69. The largest absolute Gasteiger partial charge is 0.490 e. The van der Waals surface area contributed by atoms with Gasteiger partial charge in [-0.3, -0.25) is 0 Å². The predicted molar refractivity (Wildman–Crippen MR) is 82.8 cm³/mol. The Hall–Kier alpha value is -1.94. The van der Waals surface area contributed by atoms with Crippen molar-refractivity contribution >= 4 is 0 Å². The van der Waals surface area contributed by atoms with Crippen LogP contribution in [0.4, 0.5) is 0 Å². The highest BCUT2D eigenvalue weighted by Crippen LogP contribution is 2.27. The van der Waals surface area contributed by atoms with Crippen LogP contribution in [0.5, 0.6) is 11.5 Å². The zero-order valence-electron chi connectivity index (χ0n) is 12.9. The molecule has 4 nitrogen and oxygen atoms in total. The molecule has 0 amide bonds. The SMILES string of the molecule is CCNCc1cc(COc2ccccc2OCC)oc1C. The lowest BCUT2D eigenvalue weighted by Crippen LogP contribution is -2.11. The topological polar surface area (TPSA) is 43.6 Å². The van der Waals surface area contributed by atoms with Gasteiger partial charge in [-0.05, 0) is 38.6 Å². The first-order chi connectivity index (χ1) is 10.2. The van der Waals surface area contributed by atoms with E-state index in [4.69, 9.17) is 13.9 Å². The maximum atomic E-state index is 5.81. The van der Waals surface area contributed by atoms with Gasteiger partial charge in [-0.1, -0.05) is 19.1 Å². The summed E-state index contributed by atoms with van der Waals surface area (Å²) >= 11 is 0. The molecule has 114 valence electrons. The molecule has 4 heteroatoms. The number of nitrogens with one attached hydrogen (secondary N) is 1. The fraction of sp³-hybridized carbons (Fsp3) is 0.412. The number of hydrogen-bond donors (Lipinski definition) is 1. The average molecular weight is 289 g/mol. The lowest BCUT2D eigenvalue weighted by molar-refractivity contribution is 0.246. The molecule has 1 aromatic carbocycles. The lowest BCUT2D eigenvalue weighted by atomic mass is 10.2. The van der Waals surface area contributed by atoms with Gasteiger partial charge in [0.15, 0.2) is 11.5 Å². The Bertz CT molecular complexity index is 563. The van der Waals surface area contributed by atoms with E-state index >= 15 is 0 Å². The number of para-hydroxylation sites is 2. The van der Waals surface area contributed by atoms with E-state index in [0.29, 0.717) is 13.2 Å². The minimum Gasteiger partial charge on any atom is -0.490 e. The zero-order chi connectivity index (χ0) is 15.1. The molecule has 0 saturated carbocycles. The summed E-state index contributed by atoms with van der Waals surface area (Å²) in [6, 6.07) is 9.72. The van der Waals surface area contributed by atoms with E-state index in [2.05, 4.69) is 12.2 Å². The van der Waals surface area contributed by atoms with Crippen molar-refractivity contribution in [2.45, 2.75) is 33.9 Å². The molecule has 0 aliphatic heterocycles. The summed E-state index contributed by atoms with van der Waals surface area (Å²) in [6.45, 7) is 8.80. The maximum absolute atomic E-state index is 5.81. The minimum absolute atomic E-state index is 0.400. The number of benzene rings is 1.